The molecule has 5 heterocycles. The summed E-state index contributed by atoms with van der Waals surface area (Å²) in [5, 5.41) is 4.99. The first kappa shape index (κ1) is 24.9. The zero-order valence-electron chi connectivity index (χ0n) is 21.4. The van der Waals surface area contributed by atoms with Crippen molar-refractivity contribution < 1.29 is 25.2 Å². The van der Waals surface area contributed by atoms with Gasteiger partial charge in [0.05, 0.1) is 32.7 Å². The smallest absolute Gasteiger partial charge is 0.222 e. The fourth-order valence-electron chi connectivity index (χ4n) is 7.38. The third-order valence-corrected chi connectivity index (χ3v) is 9.46. The van der Waals surface area contributed by atoms with Gasteiger partial charge in [0.25, 0.3) is 0 Å². The monoisotopic (exact) mass is 479 g/mol. The first-order valence-electron chi connectivity index (χ1n) is 14.7. The SMILES string of the molecule is O=C(CC1CC[NH2+]CC1CC1CC(C[NH+]2CCCCC2)ON1)N1CCN(C2CCCC[NH2+]2)CC1. The van der Waals surface area contributed by atoms with Crippen molar-refractivity contribution in [3.8, 4) is 0 Å². The number of piperazine rings is 1. The Labute approximate surface area is 206 Å². The summed E-state index contributed by atoms with van der Waals surface area (Å²) in [7, 11) is 0. The predicted octanol–water partition coefficient (Wildman–Crippen LogP) is -2.09. The summed E-state index contributed by atoms with van der Waals surface area (Å²) in [6.07, 6.45) is 13.4. The van der Waals surface area contributed by atoms with Crippen molar-refractivity contribution >= 4 is 5.91 Å². The maximum atomic E-state index is 13.3. The van der Waals surface area contributed by atoms with E-state index in [2.05, 4.69) is 25.9 Å². The van der Waals surface area contributed by atoms with Crippen molar-refractivity contribution in [2.45, 2.75) is 82.5 Å². The Morgan fingerprint density at radius 2 is 1.82 bits per heavy atom. The summed E-state index contributed by atoms with van der Waals surface area (Å²) < 4.78 is 0. The topological polar surface area (TPSA) is 82.5 Å². The fraction of sp³-hybridized carbons (Fsp3) is 0.962. The van der Waals surface area contributed by atoms with Crippen LogP contribution in [0.2, 0.25) is 0 Å². The highest BCUT2D eigenvalue weighted by atomic mass is 16.7. The lowest BCUT2D eigenvalue weighted by molar-refractivity contribution is -0.907. The van der Waals surface area contributed by atoms with Gasteiger partial charge in [0, 0.05) is 57.4 Å². The molecule has 5 rings (SSSR count). The molecule has 0 saturated carbocycles. The Balaban J connectivity index is 1.05. The molecular weight excluding hydrogens is 428 g/mol. The molecule has 0 radical (unpaired) electrons. The quantitative estimate of drug-likeness (QED) is 0.338. The van der Waals surface area contributed by atoms with E-state index >= 15 is 0 Å². The number of amides is 1. The van der Waals surface area contributed by atoms with Crippen LogP contribution < -0.4 is 21.0 Å². The molecule has 0 spiro atoms. The molecule has 0 aromatic carbocycles. The Morgan fingerprint density at radius 1 is 0.971 bits per heavy atom. The molecule has 194 valence electrons. The highest BCUT2D eigenvalue weighted by Crippen LogP contribution is 2.28. The highest BCUT2D eigenvalue weighted by Gasteiger charge is 2.37. The Hall–Kier alpha value is -0.770. The number of quaternary nitrogens is 3. The minimum atomic E-state index is 0.364. The summed E-state index contributed by atoms with van der Waals surface area (Å²) in [4.78, 5) is 25.8. The van der Waals surface area contributed by atoms with Crippen LogP contribution in [-0.4, -0.2) is 99.5 Å². The van der Waals surface area contributed by atoms with E-state index in [1.165, 1.54) is 77.7 Å². The Morgan fingerprint density at radius 3 is 2.62 bits per heavy atom. The van der Waals surface area contributed by atoms with Gasteiger partial charge in [-0.3, -0.25) is 14.5 Å². The van der Waals surface area contributed by atoms with Crippen LogP contribution in [-0.2, 0) is 9.63 Å². The summed E-state index contributed by atoms with van der Waals surface area (Å²) >= 11 is 0. The summed E-state index contributed by atoms with van der Waals surface area (Å²) in [5.41, 5.74) is 3.39. The predicted molar refractivity (Wildman–Crippen MR) is 131 cm³/mol. The molecule has 34 heavy (non-hydrogen) atoms. The van der Waals surface area contributed by atoms with E-state index < -0.39 is 0 Å². The average Bonchev–Trinajstić information content (AvgIpc) is 3.33. The normalized spacial score (nSPS) is 36.6. The summed E-state index contributed by atoms with van der Waals surface area (Å²) in [6, 6.07) is 0.457. The second-order valence-electron chi connectivity index (χ2n) is 11.9. The van der Waals surface area contributed by atoms with E-state index in [9.17, 15) is 4.79 Å². The van der Waals surface area contributed by atoms with Gasteiger partial charge in [-0.05, 0) is 50.9 Å². The molecule has 1 amide bonds. The second kappa shape index (κ2) is 12.5. The molecule has 5 aliphatic heterocycles. The molecule has 5 atom stereocenters. The van der Waals surface area contributed by atoms with Crippen molar-refractivity contribution in [3.05, 3.63) is 0 Å². The molecule has 5 saturated heterocycles. The van der Waals surface area contributed by atoms with Gasteiger partial charge in [0.15, 0.2) is 0 Å². The molecule has 0 bridgehead atoms. The number of nitrogens with two attached hydrogens (primary N) is 2. The average molecular weight is 480 g/mol. The van der Waals surface area contributed by atoms with Gasteiger partial charge in [0.1, 0.15) is 18.8 Å². The van der Waals surface area contributed by atoms with Crippen molar-refractivity contribution in [2.24, 2.45) is 11.8 Å². The van der Waals surface area contributed by atoms with Crippen LogP contribution in [0.15, 0.2) is 0 Å². The van der Waals surface area contributed by atoms with Crippen molar-refractivity contribution in [1.82, 2.24) is 15.3 Å². The van der Waals surface area contributed by atoms with Crippen molar-refractivity contribution in [2.75, 3.05) is 65.4 Å². The van der Waals surface area contributed by atoms with Crippen LogP contribution in [0, 0.1) is 11.8 Å². The largest absolute Gasteiger partial charge is 0.346 e. The van der Waals surface area contributed by atoms with E-state index in [0.29, 0.717) is 36.1 Å². The first-order chi connectivity index (χ1) is 16.7. The van der Waals surface area contributed by atoms with Crippen LogP contribution in [0.5, 0.6) is 0 Å². The number of nitrogens with one attached hydrogen (secondary N) is 2. The number of rotatable bonds is 7. The lowest BCUT2D eigenvalue weighted by Gasteiger charge is -2.40. The third kappa shape index (κ3) is 6.71. The van der Waals surface area contributed by atoms with Gasteiger partial charge >= 0.3 is 0 Å². The van der Waals surface area contributed by atoms with E-state index in [0.717, 1.165) is 52.0 Å². The minimum Gasteiger partial charge on any atom is -0.346 e. The molecule has 5 aliphatic rings. The van der Waals surface area contributed by atoms with Gasteiger partial charge in [-0.2, -0.15) is 5.48 Å². The van der Waals surface area contributed by atoms with Gasteiger partial charge in [-0.1, -0.05) is 0 Å². The van der Waals surface area contributed by atoms with Crippen LogP contribution in [0.4, 0.5) is 0 Å². The second-order valence-corrected chi connectivity index (χ2v) is 11.9. The molecule has 0 aliphatic carbocycles. The van der Waals surface area contributed by atoms with E-state index in [-0.39, 0.29) is 0 Å². The first-order valence-corrected chi connectivity index (χ1v) is 14.7. The highest BCUT2D eigenvalue weighted by molar-refractivity contribution is 5.76. The lowest BCUT2D eigenvalue weighted by Crippen LogP contribution is -3.13. The zero-order chi connectivity index (χ0) is 23.2. The molecule has 5 fully saturated rings. The summed E-state index contributed by atoms with van der Waals surface area (Å²) in [6.45, 7) is 11.4. The summed E-state index contributed by atoms with van der Waals surface area (Å²) in [5.74, 6) is 1.57. The van der Waals surface area contributed by atoms with Gasteiger partial charge in [-0.15, -0.1) is 0 Å². The zero-order valence-corrected chi connectivity index (χ0v) is 21.4. The minimum absolute atomic E-state index is 0.364. The molecule has 6 N–H and O–H groups in total. The number of likely N-dealkylation sites (tertiary alicyclic amines) is 1. The number of carbonyl (C=O) groups is 1. The van der Waals surface area contributed by atoms with E-state index in [1.54, 1.807) is 4.90 Å². The van der Waals surface area contributed by atoms with E-state index in [1.807, 2.05) is 0 Å². The molecule has 0 aromatic rings. The number of nitrogens with zero attached hydrogens (tertiary/aromatic N) is 2. The molecule has 0 aromatic heterocycles. The van der Waals surface area contributed by atoms with Gasteiger partial charge in [0.2, 0.25) is 5.91 Å². The van der Waals surface area contributed by atoms with Crippen molar-refractivity contribution in [3.63, 3.8) is 0 Å². The number of carbonyl (C=O) groups excluding carboxylic acids is 1. The van der Waals surface area contributed by atoms with Gasteiger partial charge in [-0.25, -0.2) is 0 Å². The third-order valence-electron chi connectivity index (χ3n) is 9.46. The van der Waals surface area contributed by atoms with Crippen LogP contribution in [0.3, 0.4) is 0 Å². The van der Waals surface area contributed by atoms with Crippen LogP contribution >= 0.6 is 0 Å². The van der Waals surface area contributed by atoms with Crippen LogP contribution in [0.1, 0.15) is 64.2 Å². The number of hydrogen-bond donors (Lipinski definition) is 4. The molecule has 8 nitrogen and oxygen atoms in total. The number of hydroxylamine groups is 1. The van der Waals surface area contributed by atoms with E-state index in [4.69, 9.17) is 4.84 Å². The van der Waals surface area contributed by atoms with Gasteiger partial charge < -0.3 is 20.4 Å². The maximum Gasteiger partial charge on any atom is 0.222 e. The maximum absolute atomic E-state index is 13.3. The number of piperidine rings is 3. The van der Waals surface area contributed by atoms with Crippen molar-refractivity contribution in [1.29, 1.82) is 0 Å². The standard InChI is InChI=1S/C26H48N6O2/c33-26(32-14-12-31(13-15-32)25-6-2-3-8-28-25)17-21-7-9-27-19-22(21)16-23-18-24(34-29-23)20-30-10-4-1-5-11-30/h21-25,27-29H,1-20H2/p+3. The fourth-order valence-corrected chi connectivity index (χ4v) is 7.38. The molecular formula is C26H51N6O2+3. The van der Waals surface area contributed by atoms with Crippen LogP contribution in [0.25, 0.3) is 0 Å². The number of hydrogen-bond acceptors (Lipinski definition) is 4. The lowest BCUT2D eigenvalue weighted by atomic mass is 9.79. The Bertz CT molecular complexity index is 631. The molecule has 5 unspecified atom stereocenters. The Kier molecular flexibility index (Phi) is 9.13. The molecule has 8 heteroatoms.